The Morgan fingerprint density at radius 2 is 2.26 bits per heavy atom. The van der Waals surface area contributed by atoms with Crippen molar-refractivity contribution in [1.82, 2.24) is 10.3 Å². The van der Waals surface area contributed by atoms with Gasteiger partial charge in [0.25, 0.3) is 0 Å². The second-order valence-corrected chi connectivity index (χ2v) is 6.83. The lowest BCUT2D eigenvalue weighted by Gasteiger charge is -2.37. The molecule has 2 fully saturated rings. The highest BCUT2D eigenvalue weighted by Crippen LogP contribution is 2.29. The topological polar surface area (TPSA) is 37.4 Å². The zero-order valence-electron chi connectivity index (χ0n) is 10.6. The molecular formula is C13H17Br2N3O. The first kappa shape index (κ1) is 13.8. The summed E-state index contributed by atoms with van der Waals surface area (Å²) < 4.78 is 7.63. The molecule has 1 atom stereocenters. The van der Waals surface area contributed by atoms with Crippen LogP contribution in [0.3, 0.4) is 0 Å². The molecule has 0 bridgehead atoms. The lowest BCUT2D eigenvalue weighted by molar-refractivity contribution is 0.0931. The van der Waals surface area contributed by atoms with Gasteiger partial charge in [0, 0.05) is 29.8 Å². The molecule has 1 N–H and O–H groups in total. The van der Waals surface area contributed by atoms with E-state index in [4.69, 9.17) is 4.74 Å². The standard InChI is InChI=1S/C13H17Br2N3O/c14-9-5-12(15)13(17-6-9)18-3-4-19-8-11(18)7-16-10-1-2-10/h5-6,10-11,16H,1-4,7-8H2. The summed E-state index contributed by atoms with van der Waals surface area (Å²) in [6.45, 7) is 3.40. The van der Waals surface area contributed by atoms with Gasteiger partial charge in [-0.25, -0.2) is 4.98 Å². The molecule has 1 saturated carbocycles. The average Bonchev–Trinajstić information content (AvgIpc) is 3.21. The predicted molar refractivity (Wildman–Crippen MR) is 82.6 cm³/mol. The molecule has 4 nitrogen and oxygen atoms in total. The number of pyridine rings is 1. The van der Waals surface area contributed by atoms with E-state index >= 15 is 0 Å². The van der Waals surface area contributed by atoms with E-state index in [9.17, 15) is 0 Å². The fraction of sp³-hybridized carbons (Fsp3) is 0.615. The summed E-state index contributed by atoms with van der Waals surface area (Å²) >= 11 is 7.05. The molecule has 0 amide bonds. The Morgan fingerprint density at radius 1 is 1.42 bits per heavy atom. The first-order valence-electron chi connectivity index (χ1n) is 6.63. The summed E-state index contributed by atoms with van der Waals surface area (Å²) in [6, 6.07) is 3.13. The van der Waals surface area contributed by atoms with E-state index in [0.717, 1.165) is 47.1 Å². The van der Waals surface area contributed by atoms with E-state index < -0.39 is 0 Å². The van der Waals surface area contributed by atoms with Gasteiger partial charge >= 0.3 is 0 Å². The number of anilines is 1. The Morgan fingerprint density at radius 3 is 3.00 bits per heavy atom. The third kappa shape index (κ3) is 3.48. The number of hydrogen-bond acceptors (Lipinski definition) is 4. The minimum absolute atomic E-state index is 0.360. The van der Waals surface area contributed by atoms with Gasteiger partial charge in [-0.1, -0.05) is 0 Å². The maximum absolute atomic E-state index is 5.62. The quantitative estimate of drug-likeness (QED) is 0.857. The van der Waals surface area contributed by atoms with Crippen LogP contribution in [0.4, 0.5) is 5.82 Å². The van der Waals surface area contributed by atoms with Crippen molar-refractivity contribution < 1.29 is 4.74 Å². The molecule has 1 aliphatic carbocycles. The van der Waals surface area contributed by atoms with E-state index in [1.54, 1.807) is 0 Å². The minimum atomic E-state index is 0.360. The van der Waals surface area contributed by atoms with Crippen LogP contribution in [-0.2, 0) is 4.74 Å². The van der Waals surface area contributed by atoms with Crippen molar-refractivity contribution in [2.45, 2.75) is 24.9 Å². The van der Waals surface area contributed by atoms with Gasteiger partial charge in [0.05, 0.1) is 23.7 Å². The molecule has 1 unspecified atom stereocenters. The molecule has 1 aromatic rings. The zero-order valence-corrected chi connectivity index (χ0v) is 13.8. The largest absolute Gasteiger partial charge is 0.377 e. The van der Waals surface area contributed by atoms with Gasteiger partial charge in [-0.3, -0.25) is 0 Å². The van der Waals surface area contributed by atoms with Crippen molar-refractivity contribution >= 4 is 37.7 Å². The van der Waals surface area contributed by atoms with Crippen LogP contribution in [-0.4, -0.2) is 43.4 Å². The van der Waals surface area contributed by atoms with Crippen LogP contribution in [0.2, 0.25) is 0 Å². The van der Waals surface area contributed by atoms with Crippen LogP contribution in [0.15, 0.2) is 21.2 Å². The highest BCUT2D eigenvalue weighted by atomic mass is 79.9. The summed E-state index contributed by atoms with van der Waals surface area (Å²) in [5.41, 5.74) is 0. The number of rotatable bonds is 4. The number of nitrogens with zero attached hydrogens (tertiary/aromatic N) is 2. The molecule has 19 heavy (non-hydrogen) atoms. The molecule has 3 rings (SSSR count). The molecule has 104 valence electrons. The van der Waals surface area contributed by atoms with Crippen molar-refractivity contribution in [3.05, 3.63) is 21.2 Å². The van der Waals surface area contributed by atoms with Crippen molar-refractivity contribution in [2.24, 2.45) is 0 Å². The van der Waals surface area contributed by atoms with Gasteiger partial charge in [0.15, 0.2) is 0 Å². The summed E-state index contributed by atoms with van der Waals surface area (Å²) in [6.07, 6.45) is 4.47. The first-order chi connectivity index (χ1) is 9.24. The van der Waals surface area contributed by atoms with Crippen LogP contribution in [0.25, 0.3) is 0 Å². The highest BCUT2D eigenvalue weighted by molar-refractivity contribution is 9.11. The van der Waals surface area contributed by atoms with Crippen molar-refractivity contribution in [2.75, 3.05) is 31.2 Å². The summed E-state index contributed by atoms with van der Waals surface area (Å²) in [5.74, 6) is 1.01. The van der Waals surface area contributed by atoms with E-state index in [-0.39, 0.29) is 0 Å². The molecule has 1 aromatic heterocycles. The average molecular weight is 391 g/mol. The van der Waals surface area contributed by atoms with Gasteiger partial charge < -0.3 is 15.0 Å². The smallest absolute Gasteiger partial charge is 0.143 e. The van der Waals surface area contributed by atoms with Crippen LogP contribution >= 0.6 is 31.9 Å². The Hall–Kier alpha value is -0.170. The monoisotopic (exact) mass is 389 g/mol. The number of nitrogens with one attached hydrogen (secondary N) is 1. The molecule has 0 aromatic carbocycles. The molecule has 2 heterocycles. The maximum Gasteiger partial charge on any atom is 0.143 e. The molecule has 1 saturated heterocycles. The van der Waals surface area contributed by atoms with Crippen LogP contribution < -0.4 is 10.2 Å². The van der Waals surface area contributed by atoms with Crippen molar-refractivity contribution in [3.8, 4) is 0 Å². The third-order valence-electron chi connectivity index (χ3n) is 3.51. The fourth-order valence-corrected chi connectivity index (χ4v) is 3.53. The SMILES string of the molecule is Brc1cnc(N2CCOCC2CNC2CC2)c(Br)c1. The first-order valence-corrected chi connectivity index (χ1v) is 8.21. The Kier molecular flexibility index (Phi) is 4.41. The van der Waals surface area contributed by atoms with Crippen LogP contribution in [0.1, 0.15) is 12.8 Å². The molecular weight excluding hydrogens is 374 g/mol. The Bertz CT molecular complexity index is 454. The number of hydrogen-bond donors (Lipinski definition) is 1. The second kappa shape index (κ2) is 6.08. The lowest BCUT2D eigenvalue weighted by atomic mass is 10.2. The van der Waals surface area contributed by atoms with E-state index in [2.05, 4.69) is 47.1 Å². The number of halogens is 2. The third-order valence-corrected chi connectivity index (χ3v) is 4.52. The summed E-state index contributed by atoms with van der Waals surface area (Å²) in [7, 11) is 0. The van der Waals surface area contributed by atoms with Gasteiger partial charge in [-0.2, -0.15) is 0 Å². The molecule has 0 radical (unpaired) electrons. The highest BCUT2D eigenvalue weighted by Gasteiger charge is 2.28. The minimum Gasteiger partial charge on any atom is -0.377 e. The molecule has 6 heteroatoms. The predicted octanol–water partition coefficient (Wildman–Crippen LogP) is 2.56. The van der Waals surface area contributed by atoms with Crippen molar-refractivity contribution in [1.29, 1.82) is 0 Å². The molecule has 0 spiro atoms. The molecule has 2 aliphatic rings. The van der Waals surface area contributed by atoms with Crippen LogP contribution in [0.5, 0.6) is 0 Å². The summed E-state index contributed by atoms with van der Waals surface area (Å²) in [5, 5.41) is 3.58. The number of ether oxygens (including phenoxy) is 1. The second-order valence-electron chi connectivity index (χ2n) is 5.06. The number of morpholine rings is 1. The number of aromatic nitrogens is 1. The van der Waals surface area contributed by atoms with Gasteiger partial charge in [0.1, 0.15) is 5.82 Å². The Balaban J connectivity index is 1.74. The van der Waals surface area contributed by atoms with Gasteiger partial charge in [-0.05, 0) is 50.8 Å². The summed E-state index contributed by atoms with van der Waals surface area (Å²) in [4.78, 5) is 6.89. The van der Waals surface area contributed by atoms with E-state index in [1.165, 1.54) is 12.8 Å². The molecule has 1 aliphatic heterocycles. The van der Waals surface area contributed by atoms with E-state index in [1.807, 2.05) is 12.3 Å². The normalized spacial score (nSPS) is 23.7. The maximum atomic E-state index is 5.62. The van der Waals surface area contributed by atoms with Gasteiger partial charge in [0.2, 0.25) is 0 Å². The van der Waals surface area contributed by atoms with Gasteiger partial charge in [-0.15, -0.1) is 0 Å². The van der Waals surface area contributed by atoms with Crippen molar-refractivity contribution in [3.63, 3.8) is 0 Å². The zero-order chi connectivity index (χ0) is 13.2. The Labute approximate surface area is 130 Å². The van der Waals surface area contributed by atoms with Crippen LogP contribution in [0, 0.1) is 0 Å². The fourth-order valence-electron chi connectivity index (χ4n) is 2.31. The van der Waals surface area contributed by atoms with E-state index in [0.29, 0.717) is 6.04 Å². The lowest BCUT2D eigenvalue weighted by Crippen LogP contribution is -2.51.